The molecule has 2 aliphatic rings. The Bertz CT molecular complexity index is 1100. The lowest BCUT2D eigenvalue weighted by Crippen LogP contribution is -2.38. The first-order valence-corrected chi connectivity index (χ1v) is 12.3. The summed E-state index contributed by atoms with van der Waals surface area (Å²) in [6.07, 6.45) is 4.70. The summed E-state index contributed by atoms with van der Waals surface area (Å²) in [5.41, 5.74) is 8.50. The Morgan fingerprint density at radius 1 is 1.40 bits per heavy atom. The number of rotatable bonds is 6. The van der Waals surface area contributed by atoms with Crippen molar-refractivity contribution in [2.24, 2.45) is 5.73 Å². The molecule has 0 saturated carbocycles. The lowest BCUT2D eigenvalue weighted by molar-refractivity contribution is -0.116. The van der Waals surface area contributed by atoms with Crippen LogP contribution in [0.3, 0.4) is 0 Å². The van der Waals surface area contributed by atoms with Crippen molar-refractivity contribution in [3.8, 4) is 6.07 Å². The smallest absolute Gasteiger partial charge is 0.219 e. The minimum absolute atomic E-state index is 0.0868. The van der Waals surface area contributed by atoms with Crippen molar-refractivity contribution in [2.75, 3.05) is 10.7 Å². The first kappa shape index (κ1) is 20.8. The summed E-state index contributed by atoms with van der Waals surface area (Å²) < 4.78 is 0.800. The molecule has 2 N–H and O–H groups in total. The van der Waals surface area contributed by atoms with Crippen LogP contribution in [0.1, 0.15) is 41.9 Å². The van der Waals surface area contributed by atoms with Gasteiger partial charge in [0.25, 0.3) is 0 Å². The third-order valence-electron chi connectivity index (χ3n) is 5.14. The van der Waals surface area contributed by atoms with Crippen LogP contribution in [0.15, 0.2) is 51.8 Å². The molecule has 4 rings (SSSR count). The lowest BCUT2D eigenvalue weighted by Gasteiger charge is -2.37. The van der Waals surface area contributed by atoms with Gasteiger partial charge in [-0.2, -0.15) is 5.26 Å². The van der Waals surface area contributed by atoms with Gasteiger partial charge in [-0.3, -0.25) is 9.69 Å². The second kappa shape index (κ2) is 8.76. The number of carbonyl (C=O) groups is 1. The van der Waals surface area contributed by atoms with Crippen LogP contribution in [0.25, 0.3) is 0 Å². The van der Waals surface area contributed by atoms with E-state index in [0.29, 0.717) is 28.5 Å². The zero-order chi connectivity index (χ0) is 21.3. The van der Waals surface area contributed by atoms with Gasteiger partial charge in [-0.1, -0.05) is 36.1 Å². The van der Waals surface area contributed by atoms with Crippen molar-refractivity contribution < 1.29 is 4.79 Å². The molecule has 1 aliphatic carbocycles. The fourth-order valence-electron chi connectivity index (χ4n) is 3.81. The molecule has 0 radical (unpaired) electrons. The van der Waals surface area contributed by atoms with Gasteiger partial charge in [0.05, 0.1) is 17.6 Å². The van der Waals surface area contributed by atoms with E-state index in [0.717, 1.165) is 39.9 Å². The molecule has 0 fully saturated rings. The van der Waals surface area contributed by atoms with Crippen LogP contribution >= 0.6 is 34.4 Å². The van der Waals surface area contributed by atoms with Gasteiger partial charge in [-0.15, -0.1) is 28.1 Å². The Labute approximate surface area is 187 Å². The van der Waals surface area contributed by atoms with Crippen LogP contribution in [0.2, 0.25) is 0 Å². The molecule has 2 aromatic rings. The molecule has 0 spiro atoms. The zero-order valence-electron chi connectivity index (χ0n) is 16.6. The number of anilines is 1. The average molecular weight is 456 g/mol. The second-order valence-electron chi connectivity index (χ2n) is 6.92. The zero-order valence-corrected chi connectivity index (χ0v) is 19.0. The van der Waals surface area contributed by atoms with Crippen LogP contribution in [0, 0.1) is 11.3 Å². The van der Waals surface area contributed by atoms with Crippen LogP contribution in [-0.2, 0) is 11.2 Å². The molecular weight excluding hydrogens is 434 g/mol. The molecule has 1 atom stereocenters. The third kappa shape index (κ3) is 3.60. The normalized spacial score (nSPS) is 19.1. The molecule has 1 unspecified atom stereocenters. The minimum Gasteiger partial charge on any atom is -0.384 e. The number of carbonyl (C=O) groups excluding carboxylic acids is 1. The molecule has 0 bridgehead atoms. The number of Topliss-reactive ketones (excluding diaryl/α,β-unsaturated/α-hetero) is 1. The average Bonchev–Trinajstić information content (AvgIpc) is 3.41. The van der Waals surface area contributed by atoms with Crippen LogP contribution in [0.5, 0.6) is 0 Å². The Kier molecular flexibility index (Phi) is 6.09. The molecule has 0 saturated heterocycles. The number of hydrogen-bond donors (Lipinski definition) is 1. The highest BCUT2D eigenvalue weighted by Gasteiger charge is 2.41. The fraction of sp³-hybridized carbons (Fsp3) is 0.333. The highest BCUT2D eigenvalue weighted by atomic mass is 32.2. The molecule has 3 heterocycles. The summed E-state index contributed by atoms with van der Waals surface area (Å²) in [4.78, 5) is 17.1. The molecule has 9 heteroatoms. The number of nitriles is 1. The fourth-order valence-corrected chi connectivity index (χ4v) is 6.53. The van der Waals surface area contributed by atoms with Crippen molar-refractivity contribution in [1.82, 2.24) is 10.2 Å². The Hall–Kier alpha value is -2.41. The standard InChI is InChI=1S/C21H21N5OS3/c1-3-10-28-21-25-24-20(30-21)26-14-6-5-7-15(27)18(14)17(13(11-22)19(26)23)16-9-8-12(4-2)29-16/h3,8-9,17H,1,4-7,10,23H2,2H3. The van der Waals surface area contributed by atoms with E-state index in [1.807, 2.05) is 12.1 Å². The predicted molar refractivity (Wildman–Crippen MR) is 122 cm³/mol. The summed E-state index contributed by atoms with van der Waals surface area (Å²) in [6.45, 7) is 5.83. The van der Waals surface area contributed by atoms with Crippen molar-refractivity contribution in [2.45, 2.75) is 42.9 Å². The number of thiophene rings is 1. The van der Waals surface area contributed by atoms with E-state index in [9.17, 15) is 10.1 Å². The van der Waals surface area contributed by atoms with Crippen molar-refractivity contribution in [3.05, 3.63) is 57.2 Å². The number of aromatic nitrogens is 2. The minimum atomic E-state index is -0.401. The Morgan fingerprint density at radius 3 is 2.93 bits per heavy atom. The quantitative estimate of drug-likeness (QED) is 0.496. The molecule has 154 valence electrons. The number of thioether (sulfide) groups is 1. The molecule has 0 amide bonds. The predicted octanol–water partition coefficient (Wildman–Crippen LogP) is 4.74. The summed E-state index contributed by atoms with van der Waals surface area (Å²) in [5, 5.41) is 19.2. The first-order chi connectivity index (χ1) is 14.6. The molecule has 1 aliphatic heterocycles. The highest BCUT2D eigenvalue weighted by molar-refractivity contribution is 8.01. The van der Waals surface area contributed by atoms with Gasteiger partial charge in [0.2, 0.25) is 5.13 Å². The summed E-state index contributed by atoms with van der Waals surface area (Å²) in [5.74, 6) is 0.764. The third-order valence-corrected chi connectivity index (χ3v) is 8.47. The second-order valence-corrected chi connectivity index (χ2v) is 10.3. The number of nitrogens with two attached hydrogens (primary N) is 1. The number of hydrogen-bond acceptors (Lipinski definition) is 9. The Balaban J connectivity index is 1.85. The molecule has 6 nitrogen and oxygen atoms in total. The van der Waals surface area contributed by atoms with Gasteiger partial charge in [-0.05, 0) is 31.4 Å². The van der Waals surface area contributed by atoms with E-state index in [1.54, 1.807) is 28.0 Å². The van der Waals surface area contributed by atoms with Gasteiger partial charge in [0.1, 0.15) is 5.82 Å². The van der Waals surface area contributed by atoms with Crippen LogP contribution in [-0.4, -0.2) is 21.7 Å². The van der Waals surface area contributed by atoms with E-state index >= 15 is 0 Å². The SMILES string of the molecule is C=CCSc1nnc(N2C(N)=C(C#N)C(c3ccc(CC)s3)C3=C2CCCC3=O)s1. The number of allylic oxidation sites excluding steroid dienone is 3. The van der Waals surface area contributed by atoms with Crippen LogP contribution < -0.4 is 10.6 Å². The van der Waals surface area contributed by atoms with Crippen molar-refractivity contribution in [1.29, 1.82) is 5.26 Å². The van der Waals surface area contributed by atoms with Gasteiger partial charge in [0, 0.05) is 33.2 Å². The number of aryl methyl sites for hydroxylation is 1. The van der Waals surface area contributed by atoms with E-state index in [-0.39, 0.29) is 5.78 Å². The van der Waals surface area contributed by atoms with Gasteiger partial charge < -0.3 is 5.73 Å². The largest absolute Gasteiger partial charge is 0.384 e. The summed E-state index contributed by atoms with van der Waals surface area (Å²) in [6, 6.07) is 6.39. The van der Waals surface area contributed by atoms with Gasteiger partial charge in [0.15, 0.2) is 10.1 Å². The summed E-state index contributed by atoms with van der Waals surface area (Å²) >= 11 is 4.60. The van der Waals surface area contributed by atoms with E-state index in [4.69, 9.17) is 5.73 Å². The van der Waals surface area contributed by atoms with Gasteiger partial charge in [-0.25, -0.2) is 0 Å². The summed E-state index contributed by atoms with van der Waals surface area (Å²) in [7, 11) is 0. The molecule has 0 aromatic carbocycles. The number of nitrogens with zero attached hydrogens (tertiary/aromatic N) is 4. The maximum atomic E-state index is 13.1. The maximum absolute atomic E-state index is 13.1. The van der Waals surface area contributed by atoms with Crippen LogP contribution in [0.4, 0.5) is 5.13 Å². The van der Waals surface area contributed by atoms with E-state index in [2.05, 4.69) is 35.8 Å². The van der Waals surface area contributed by atoms with Crippen molar-refractivity contribution in [3.63, 3.8) is 0 Å². The maximum Gasteiger partial charge on any atom is 0.219 e. The monoisotopic (exact) mass is 455 g/mol. The molecule has 2 aromatic heterocycles. The van der Waals surface area contributed by atoms with E-state index in [1.165, 1.54) is 16.2 Å². The lowest BCUT2D eigenvalue weighted by atomic mass is 9.78. The van der Waals surface area contributed by atoms with Gasteiger partial charge >= 0.3 is 0 Å². The highest BCUT2D eigenvalue weighted by Crippen LogP contribution is 2.48. The first-order valence-electron chi connectivity index (χ1n) is 9.70. The molecule has 30 heavy (non-hydrogen) atoms. The topological polar surface area (TPSA) is 95.9 Å². The number of ketones is 1. The molecular formula is C21H21N5OS3. The Morgan fingerprint density at radius 2 is 2.23 bits per heavy atom. The van der Waals surface area contributed by atoms with Crippen molar-refractivity contribution >= 4 is 45.4 Å². The van der Waals surface area contributed by atoms with E-state index < -0.39 is 5.92 Å².